The van der Waals surface area contributed by atoms with Gasteiger partial charge in [-0.1, -0.05) is 6.07 Å². The van der Waals surface area contributed by atoms with Crippen molar-refractivity contribution in [1.29, 1.82) is 5.41 Å². The zero-order valence-electron chi connectivity index (χ0n) is 13.5. The van der Waals surface area contributed by atoms with Crippen LogP contribution < -0.4 is 5.49 Å². The van der Waals surface area contributed by atoms with Crippen LogP contribution in [0.4, 0.5) is 0 Å². The van der Waals surface area contributed by atoms with Crippen LogP contribution in [0.5, 0.6) is 0 Å². The van der Waals surface area contributed by atoms with E-state index in [1.54, 1.807) is 23.4 Å². The molecular formula is C18H17N5O. The summed E-state index contributed by atoms with van der Waals surface area (Å²) in [5.41, 5.74) is 3.26. The van der Waals surface area contributed by atoms with Gasteiger partial charge in [-0.25, -0.2) is 9.97 Å². The van der Waals surface area contributed by atoms with Crippen LogP contribution in [-0.2, 0) is 6.54 Å². The minimum atomic E-state index is 0.423. The van der Waals surface area contributed by atoms with Gasteiger partial charge >= 0.3 is 0 Å². The highest BCUT2D eigenvalue weighted by molar-refractivity contribution is 5.82. The van der Waals surface area contributed by atoms with Crippen LogP contribution in [0.1, 0.15) is 17.0 Å². The predicted octanol–water partition coefficient (Wildman–Crippen LogP) is 2.96. The third-order valence-corrected chi connectivity index (χ3v) is 4.32. The first kappa shape index (κ1) is 14.4. The lowest BCUT2D eigenvalue weighted by Crippen LogP contribution is -2.21. The van der Waals surface area contributed by atoms with Gasteiger partial charge in [-0.2, -0.15) is 0 Å². The van der Waals surface area contributed by atoms with Crippen molar-refractivity contribution in [2.45, 2.75) is 20.4 Å². The van der Waals surface area contributed by atoms with E-state index in [2.05, 4.69) is 9.97 Å². The zero-order chi connectivity index (χ0) is 16.7. The minimum absolute atomic E-state index is 0.423. The van der Waals surface area contributed by atoms with E-state index in [-0.39, 0.29) is 0 Å². The van der Waals surface area contributed by atoms with E-state index in [4.69, 9.17) is 9.83 Å². The molecule has 0 aromatic carbocycles. The molecule has 1 N–H and O–H groups in total. The van der Waals surface area contributed by atoms with Gasteiger partial charge in [0, 0.05) is 11.9 Å². The summed E-state index contributed by atoms with van der Waals surface area (Å²) in [7, 11) is 0. The smallest absolute Gasteiger partial charge is 0.151 e. The van der Waals surface area contributed by atoms with Gasteiger partial charge in [-0.05, 0) is 43.7 Å². The van der Waals surface area contributed by atoms with Crippen molar-refractivity contribution in [3.05, 3.63) is 71.6 Å². The lowest BCUT2D eigenvalue weighted by atomic mass is 10.2. The van der Waals surface area contributed by atoms with Crippen molar-refractivity contribution in [2.24, 2.45) is 0 Å². The van der Waals surface area contributed by atoms with Crippen molar-refractivity contribution >= 4 is 11.0 Å². The Bertz CT molecular complexity index is 1060. The van der Waals surface area contributed by atoms with Crippen molar-refractivity contribution in [1.82, 2.24) is 19.1 Å². The summed E-state index contributed by atoms with van der Waals surface area (Å²) in [5, 5.41) is 9.44. The van der Waals surface area contributed by atoms with E-state index in [0.717, 1.165) is 33.9 Å². The number of rotatable bonds is 3. The Hall–Kier alpha value is -3.15. The fourth-order valence-corrected chi connectivity index (χ4v) is 2.98. The number of fused-ring (bicyclic) bond motifs is 1. The van der Waals surface area contributed by atoms with Gasteiger partial charge in [0.1, 0.15) is 17.1 Å². The highest BCUT2D eigenvalue weighted by atomic mass is 16.3. The first-order valence-corrected chi connectivity index (χ1v) is 7.72. The van der Waals surface area contributed by atoms with Crippen molar-refractivity contribution < 1.29 is 4.42 Å². The lowest BCUT2D eigenvalue weighted by Gasteiger charge is -2.08. The molecule has 0 unspecified atom stereocenters. The normalized spacial score (nSPS) is 11.2. The van der Waals surface area contributed by atoms with Crippen LogP contribution in [-0.4, -0.2) is 19.1 Å². The number of aryl methyl sites for hydroxylation is 1. The zero-order valence-corrected chi connectivity index (χ0v) is 13.5. The molecule has 6 heteroatoms. The highest BCUT2D eigenvalue weighted by Crippen LogP contribution is 2.23. The van der Waals surface area contributed by atoms with Crippen LogP contribution in [0.25, 0.3) is 16.9 Å². The first-order chi connectivity index (χ1) is 11.7. The van der Waals surface area contributed by atoms with E-state index in [0.29, 0.717) is 12.0 Å². The average molecular weight is 319 g/mol. The van der Waals surface area contributed by atoms with Crippen molar-refractivity contribution in [2.75, 3.05) is 0 Å². The Morgan fingerprint density at radius 3 is 2.71 bits per heavy atom. The number of hydrogen-bond donors (Lipinski definition) is 1. The molecule has 4 rings (SSSR count). The van der Waals surface area contributed by atoms with E-state index in [9.17, 15) is 0 Å². The fourth-order valence-electron chi connectivity index (χ4n) is 2.98. The van der Waals surface area contributed by atoms with Crippen LogP contribution >= 0.6 is 0 Å². The van der Waals surface area contributed by atoms with Gasteiger partial charge in [-0.3, -0.25) is 9.98 Å². The molecule has 24 heavy (non-hydrogen) atoms. The Balaban J connectivity index is 1.94. The maximum absolute atomic E-state index is 8.60. The molecule has 0 saturated heterocycles. The summed E-state index contributed by atoms with van der Waals surface area (Å²) in [6, 6.07) is 9.52. The number of pyridine rings is 1. The monoisotopic (exact) mass is 319 g/mol. The Morgan fingerprint density at radius 2 is 2.00 bits per heavy atom. The molecule has 6 nitrogen and oxygen atoms in total. The summed E-state index contributed by atoms with van der Waals surface area (Å²) in [5.74, 6) is 1.61. The predicted molar refractivity (Wildman–Crippen MR) is 90.0 cm³/mol. The summed E-state index contributed by atoms with van der Waals surface area (Å²) < 4.78 is 9.17. The Kier molecular flexibility index (Phi) is 3.30. The maximum atomic E-state index is 8.60. The third-order valence-electron chi connectivity index (χ3n) is 4.32. The van der Waals surface area contributed by atoms with Gasteiger partial charge in [0.25, 0.3) is 0 Å². The molecule has 4 aromatic heterocycles. The Morgan fingerprint density at radius 1 is 1.12 bits per heavy atom. The average Bonchev–Trinajstić information content (AvgIpc) is 3.19. The van der Waals surface area contributed by atoms with Crippen LogP contribution in [0.15, 0.2) is 53.5 Å². The SMILES string of the molecule is Cc1c(C)n(-c2ccccn2)c2ncn(Cc3ccco3)c(=N)c12. The molecule has 0 aliphatic carbocycles. The maximum Gasteiger partial charge on any atom is 0.151 e. The molecule has 0 radical (unpaired) electrons. The summed E-state index contributed by atoms with van der Waals surface area (Å²) >= 11 is 0. The van der Waals surface area contributed by atoms with Gasteiger partial charge in [-0.15, -0.1) is 0 Å². The number of aromatic nitrogens is 4. The number of nitrogens with zero attached hydrogens (tertiary/aromatic N) is 4. The molecule has 0 bridgehead atoms. The number of nitrogens with one attached hydrogen (secondary N) is 1. The van der Waals surface area contributed by atoms with Gasteiger partial charge in [0.2, 0.25) is 0 Å². The van der Waals surface area contributed by atoms with Gasteiger partial charge in [0.05, 0.1) is 24.5 Å². The van der Waals surface area contributed by atoms with Crippen molar-refractivity contribution in [3.63, 3.8) is 0 Å². The second-order valence-electron chi connectivity index (χ2n) is 5.73. The van der Waals surface area contributed by atoms with E-state index in [1.807, 2.05) is 48.7 Å². The standard InChI is InChI=1S/C18H17N5O/c1-12-13(2)23(15-7-3-4-8-20-15)18-16(12)17(19)22(11-21-18)10-14-6-5-9-24-14/h3-9,11,19H,10H2,1-2H3. The largest absolute Gasteiger partial charge is 0.467 e. The molecule has 4 aromatic rings. The van der Waals surface area contributed by atoms with Gasteiger partial charge < -0.3 is 8.98 Å². The first-order valence-electron chi connectivity index (χ1n) is 7.72. The Labute approximate surface area is 138 Å². The molecule has 0 aliphatic heterocycles. The van der Waals surface area contributed by atoms with Crippen LogP contribution in [0.2, 0.25) is 0 Å². The summed E-state index contributed by atoms with van der Waals surface area (Å²) in [4.78, 5) is 9.03. The molecular weight excluding hydrogens is 302 g/mol. The molecule has 0 amide bonds. The third kappa shape index (κ3) is 2.15. The molecule has 0 fully saturated rings. The molecule has 0 saturated carbocycles. The summed E-state index contributed by atoms with van der Waals surface area (Å²) in [6.07, 6.45) is 5.08. The minimum Gasteiger partial charge on any atom is -0.467 e. The lowest BCUT2D eigenvalue weighted by molar-refractivity contribution is 0.486. The van der Waals surface area contributed by atoms with Gasteiger partial charge in [0.15, 0.2) is 5.65 Å². The fraction of sp³-hybridized carbons (Fsp3) is 0.167. The molecule has 4 heterocycles. The molecule has 120 valence electrons. The topological polar surface area (TPSA) is 72.6 Å². The summed E-state index contributed by atoms with van der Waals surface area (Å²) in [6.45, 7) is 4.54. The second-order valence-corrected chi connectivity index (χ2v) is 5.73. The molecule has 0 atom stereocenters. The molecule has 0 aliphatic rings. The molecule has 0 spiro atoms. The highest BCUT2D eigenvalue weighted by Gasteiger charge is 2.17. The van der Waals surface area contributed by atoms with Crippen molar-refractivity contribution in [3.8, 4) is 5.82 Å². The van der Waals surface area contributed by atoms with E-state index in [1.165, 1.54) is 0 Å². The van der Waals surface area contributed by atoms with Crippen LogP contribution in [0.3, 0.4) is 0 Å². The number of hydrogen-bond acceptors (Lipinski definition) is 4. The second kappa shape index (κ2) is 5.49. The van der Waals surface area contributed by atoms with E-state index >= 15 is 0 Å². The van der Waals surface area contributed by atoms with Crippen LogP contribution in [0, 0.1) is 19.3 Å². The number of furan rings is 1. The quantitative estimate of drug-likeness (QED) is 0.631. The van der Waals surface area contributed by atoms with E-state index < -0.39 is 0 Å².